The van der Waals surface area contributed by atoms with Gasteiger partial charge in [-0.1, -0.05) is 56.4 Å². The summed E-state index contributed by atoms with van der Waals surface area (Å²) in [6, 6.07) is 12.4. The maximum absolute atomic E-state index is 2.44. The molecular formula is C13H22Si. The molecular weight excluding hydrogens is 184 g/mol. The lowest BCUT2D eigenvalue weighted by Gasteiger charge is -2.15. The van der Waals surface area contributed by atoms with Gasteiger partial charge in [-0.3, -0.25) is 0 Å². The Hall–Kier alpha value is -0.563. The first-order chi connectivity index (χ1) is 6.74. The Morgan fingerprint density at radius 1 is 1.14 bits per heavy atom. The molecule has 1 aromatic rings. The molecule has 0 aliphatic carbocycles. The molecule has 0 aliphatic heterocycles. The lowest BCUT2D eigenvalue weighted by Crippen LogP contribution is -2.04. The summed E-state index contributed by atoms with van der Waals surface area (Å²) in [6.45, 7) is 7.19. The SMILES string of the molecule is CC[C@H](CC[SiH](C)C)c1ccccc1. The van der Waals surface area contributed by atoms with Crippen molar-refractivity contribution >= 4 is 8.80 Å². The molecule has 1 aromatic carbocycles. The zero-order valence-corrected chi connectivity index (χ0v) is 10.8. The first-order valence-corrected chi connectivity index (χ1v) is 8.91. The van der Waals surface area contributed by atoms with Crippen molar-refractivity contribution in [3.05, 3.63) is 35.9 Å². The second kappa shape index (κ2) is 6.02. The molecule has 1 atom stereocenters. The fourth-order valence-electron chi connectivity index (χ4n) is 1.87. The van der Waals surface area contributed by atoms with E-state index in [1.165, 1.54) is 24.4 Å². The third-order valence-electron chi connectivity index (χ3n) is 2.86. The third kappa shape index (κ3) is 3.67. The molecule has 0 amide bonds. The Morgan fingerprint density at radius 2 is 1.79 bits per heavy atom. The van der Waals surface area contributed by atoms with Gasteiger partial charge in [-0.2, -0.15) is 0 Å². The number of benzene rings is 1. The van der Waals surface area contributed by atoms with Crippen LogP contribution in [-0.2, 0) is 0 Å². The molecule has 0 fully saturated rings. The average Bonchev–Trinajstić information content (AvgIpc) is 2.20. The highest BCUT2D eigenvalue weighted by molar-refractivity contribution is 6.55. The predicted octanol–water partition coefficient (Wildman–Crippen LogP) is 4.06. The Kier molecular flexibility index (Phi) is 4.95. The summed E-state index contributed by atoms with van der Waals surface area (Å²) in [7, 11) is -0.364. The molecule has 0 aromatic heterocycles. The summed E-state index contributed by atoms with van der Waals surface area (Å²) in [5.74, 6) is 0.797. The van der Waals surface area contributed by atoms with Gasteiger partial charge in [0.05, 0.1) is 0 Å². The number of rotatable bonds is 5. The molecule has 0 spiro atoms. The van der Waals surface area contributed by atoms with Gasteiger partial charge in [0.15, 0.2) is 0 Å². The van der Waals surface area contributed by atoms with E-state index in [4.69, 9.17) is 0 Å². The molecule has 14 heavy (non-hydrogen) atoms. The summed E-state index contributed by atoms with van der Waals surface area (Å²) in [5.41, 5.74) is 1.53. The minimum absolute atomic E-state index is 0.364. The summed E-state index contributed by atoms with van der Waals surface area (Å²) >= 11 is 0. The van der Waals surface area contributed by atoms with Crippen molar-refractivity contribution in [1.29, 1.82) is 0 Å². The highest BCUT2D eigenvalue weighted by atomic mass is 28.3. The number of hydrogen-bond donors (Lipinski definition) is 0. The third-order valence-corrected chi connectivity index (χ3v) is 4.34. The van der Waals surface area contributed by atoms with Gasteiger partial charge >= 0.3 is 0 Å². The van der Waals surface area contributed by atoms with Crippen LogP contribution in [0.25, 0.3) is 0 Å². The Balaban J connectivity index is 2.54. The molecule has 0 nitrogen and oxygen atoms in total. The van der Waals surface area contributed by atoms with Gasteiger partial charge in [0.2, 0.25) is 0 Å². The van der Waals surface area contributed by atoms with Crippen molar-refractivity contribution < 1.29 is 0 Å². The predicted molar refractivity (Wildman–Crippen MR) is 67.8 cm³/mol. The maximum Gasteiger partial charge on any atom is 0.0305 e. The van der Waals surface area contributed by atoms with E-state index in [0.29, 0.717) is 0 Å². The smallest absolute Gasteiger partial charge is 0.0305 e. The zero-order chi connectivity index (χ0) is 10.4. The molecule has 0 saturated heterocycles. The minimum Gasteiger partial charge on any atom is -0.0722 e. The molecule has 0 bridgehead atoms. The maximum atomic E-state index is 2.44. The van der Waals surface area contributed by atoms with Crippen molar-refractivity contribution in [2.24, 2.45) is 0 Å². The van der Waals surface area contributed by atoms with Gasteiger partial charge in [-0.05, 0) is 24.3 Å². The van der Waals surface area contributed by atoms with E-state index in [1.54, 1.807) is 0 Å². The van der Waals surface area contributed by atoms with E-state index in [9.17, 15) is 0 Å². The van der Waals surface area contributed by atoms with Crippen LogP contribution >= 0.6 is 0 Å². The summed E-state index contributed by atoms with van der Waals surface area (Å²) < 4.78 is 0. The molecule has 0 radical (unpaired) electrons. The average molecular weight is 206 g/mol. The van der Waals surface area contributed by atoms with E-state index in [1.807, 2.05) is 0 Å². The van der Waals surface area contributed by atoms with Crippen LogP contribution in [0.15, 0.2) is 30.3 Å². The van der Waals surface area contributed by atoms with Crippen LogP contribution in [0, 0.1) is 0 Å². The quantitative estimate of drug-likeness (QED) is 0.637. The molecule has 78 valence electrons. The van der Waals surface area contributed by atoms with E-state index in [-0.39, 0.29) is 8.80 Å². The zero-order valence-electron chi connectivity index (χ0n) is 9.66. The van der Waals surface area contributed by atoms with Crippen LogP contribution in [0.3, 0.4) is 0 Å². The van der Waals surface area contributed by atoms with Crippen LogP contribution in [0.1, 0.15) is 31.2 Å². The van der Waals surface area contributed by atoms with Crippen molar-refractivity contribution in [2.45, 2.75) is 44.8 Å². The molecule has 1 heteroatoms. The van der Waals surface area contributed by atoms with Crippen molar-refractivity contribution in [2.75, 3.05) is 0 Å². The lowest BCUT2D eigenvalue weighted by molar-refractivity contribution is 0.639. The van der Waals surface area contributed by atoms with Crippen molar-refractivity contribution in [3.8, 4) is 0 Å². The first kappa shape index (κ1) is 11.5. The molecule has 1 rings (SSSR count). The van der Waals surface area contributed by atoms with Crippen LogP contribution in [0.5, 0.6) is 0 Å². The van der Waals surface area contributed by atoms with E-state index in [0.717, 1.165) is 5.92 Å². The van der Waals surface area contributed by atoms with Gasteiger partial charge in [0.1, 0.15) is 0 Å². The van der Waals surface area contributed by atoms with Gasteiger partial charge < -0.3 is 0 Å². The van der Waals surface area contributed by atoms with E-state index in [2.05, 4.69) is 50.3 Å². The number of hydrogen-bond acceptors (Lipinski definition) is 0. The van der Waals surface area contributed by atoms with Crippen LogP contribution in [-0.4, -0.2) is 8.80 Å². The Bertz CT molecular complexity index is 241. The summed E-state index contributed by atoms with van der Waals surface area (Å²) in [5, 5.41) is 0. The fourth-order valence-corrected chi connectivity index (χ4v) is 2.94. The highest BCUT2D eigenvalue weighted by Crippen LogP contribution is 2.25. The van der Waals surface area contributed by atoms with Crippen LogP contribution < -0.4 is 0 Å². The van der Waals surface area contributed by atoms with E-state index < -0.39 is 0 Å². The molecule has 0 unspecified atom stereocenters. The fraction of sp³-hybridized carbons (Fsp3) is 0.538. The van der Waals surface area contributed by atoms with E-state index >= 15 is 0 Å². The van der Waals surface area contributed by atoms with Gasteiger partial charge in [0, 0.05) is 8.80 Å². The molecule has 0 saturated carbocycles. The molecule has 0 aliphatic rings. The summed E-state index contributed by atoms with van der Waals surface area (Å²) in [4.78, 5) is 0. The Morgan fingerprint density at radius 3 is 2.29 bits per heavy atom. The van der Waals surface area contributed by atoms with Gasteiger partial charge in [0.25, 0.3) is 0 Å². The van der Waals surface area contributed by atoms with Gasteiger partial charge in [-0.25, -0.2) is 0 Å². The monoisotopic (exact) mass is 206 g/mol. The van der Waals surface area contributed by atoms with Crippen LogP contribution in [0.2, 0.25) is 19.1 Å². The topological polar surface area (TPSA) is 0 Å². The molecule has 0 N–H and O–H groups in total. The van der Waals surface area contributed by atoms with Crippen molar-refractivity contribution in [3.63, 3.8) is 0 Å². The molecule has 0 heterocycles. The largest absolute Gasteiger partial charge is 0.0722 e. The second-order valence-electron chi connectivity index (χ2n) is 4.49. The standard InChI is InChI=1S/C13H22Si/c1-4-12(10-11-14(2)3)13-8-6-5-7-9-13/h5-9,12,14H,4,10-11H2,1-3H3/t12-/m1/s1. The Labute approximate surface area is 90.0 Å². The van der Waals surface area contributed by atoms with Crippen LogP contribution in [0.4, 0.5) is 0 Å². The minimum atomic E-state index is -0.364. The summed E-state index contributed by atoms with van der Waals surface area (Å²) in [6.07, 6.45) is 2.68. The van der Waals surface area contributed by atoms with Crippen molar-refractivity contribution in [1.82, 2.24) is 0 Å². The second-order valence-corrected chi connectivity index (χ2v) is 7.85. The first-order valence-electron chi connectivity index (χ1n) is 5.79. The highest BCUT2D eigenvalue weighted by Gasteiger charge is 2.09. The van der Waals surface area contributed by atoms with Gasteiger partial charge in [-0.15, -0.1) is 0 Å². The normalized spacial score (nSPS) is 13.1. The lowest BCUT2D eigenvalue weighted by atomic mass is 9.94.